The molecule has 7 aromatic heterocycles. The summed E-state index contributed by atoms with van der Waals surface area (Å²) in [6.07, 6.45) is 30.7. The molecule has 0 aliphatic carbocycles. The molecule has 0 amide bonds. The molecule has 530 valence electrons. The van der Waals surface area contributed by atoms with Gasteiger partial charge in [0.05, 0.1) is 33.0 Å². The first kappa shape index (κ1) is 75.9. The maximum absolute atomic E-state index is 9.33. The molecule has 14 aromatic rings. The Morgan fingerprint density at radius 1 is 0.230 bits per heavy atom. The number of aromatic amines is 7. The normalized spacial score (nSPS) is 10.8. The van der Waals surface area contributed by atoms with Gasteiger partial charge in [-0.1, -0.05) is 112 Å². The molecule has 7 aromatic carbocycles. The summed E-state index contributed by atoms with van der Waals surface area (Å²) >= 11 is 0. The molecule has 13 heteroatoms. The lowest BCUT2D eigenvalue weighted by atomic mass is 10.1. The molecule has 13 nitrogen and oxygen atoms in total. The van der Waals surface area contributed by atoms with Crippen LogP contribution < -0.4 is 23.7 Å². The second-order valence-electron chi connectivity index (χ2n) is 24.9. The fourth-order valence-corrected chi connectivity index (χ4v) is 12.7. The average molecular weight is 1350 g/mol. The van der Waals surface area contributed by atoms with Crippen molar-refractivity contribution in [1.82, 2.24) is 34.9 Å². The van der Waals surface area contributed by atoms with Gasteiger partial charge in [0.25, 0.3) is 0 Å². The molecular weight excluding hydrogens is 1240 g/mol. The zero-order chi connectivity index (χ0) is 71.0. The number of aryl methyl sites for hydroxylation is 7. The van der Waals surface area contributed by atoms with E-state index in [0.29, 0.717) is 5.75 Å². The van der Waals surface area contributed by atoms with Crippen molar-refractivity contribution in [2.75, 3.05) is 33.0 Å². The van der Waals surface area contributed by atoms with Crippen molar-refractivity contribution in [3.63, 3.8) is 0 Å². The highest BCUT2D eigenvalue weighted by molar-refractivity contribution is 5.89. The van der Waals surface area contributed by atoms with E-state index in [0.717, 1.165) is 118 Å². The van der Waals surface area contributed by atoms with Gasteiger partial charge in [-0.3, -0.25) is 0 Å². The van der Waals surface area contributed by atoms with Crippen molar-refractivity contribution in [3.8, 4) is 34.5 Å². The first-order valence-corrected chi connectivity index (χ1v) is 36.9. The summed E-state index contributed by atoms with van der Waals surface area (Å²) in [5, 5.41) is 18.3. The van der Waals surface area contributed by atoms with Gasteiger partial charge >= 0.3 is 0 Å². The number of benzene rings is 7. The number of aromatic hydroxyl groups is 1. The van der Waals surface area contributed by atoms with Crippen LogP contribution >= 0.6 is 0 Å². The number of phenolic OH excluding ortho intramolecular Hbond substituents is 1. The minimum Gasteiger partial charge on any atom is -0.508 e. The number of ether oxygens (including phenoxy) is 5. The van der Waals surface area contributed by atoms with Crippen molar-refractivity contribution < 1.29 is 28.8 Å². The Hall–Kier alpha value is -9.88. The molecular formula is C87H111N7O6. The third-order valence-electron chi connectivity index (χ3n) is 17.3. The van der Waals surface area contributed by atoms with Crippen LogP contribution in [0.2, 0.25) is 0 Å². The smallest absolute Gasteiger partial charge is 0.120 e. The Morgan fingerprint density at radius 3 is 0.660 bits per heavy atom. The lowest BCUT2D eigenvalue weighted by Crippen LogP contribution is -1.90. The number of fused-ring (bicyclic) bond motifs is 7. The van der Waals surface area contributed by atoms with Crippen molar-refractivity contribution in [2.24, 2.45) is 0 Å². The fraction of sp³-hybridized carbons (Fsp3) is 0.356. The van der Waals surface area contributed by atoms with Crippen LogP contribution in [-0.4, -0.2) is 73.0 Å². The summed E-state index contributed by atoms with van der Waals surface area (Å²) in [5.74, 6) is 5.14. The van der Waals surface area contributed by atoms with E-state index < -0.39 is 0 Å². The van der Waals surface area contributed by atoms with Crippen LogP contribution in [0.15, 0.2) is 177 Å². The molecule has 0 unspecified atom stereocenters. The summed E-state index contributed by atoms with van der Waals surface area (Å²) in [4.78, 5) is 22.9. The molecule has 7 heterocycles. The number of para-hydroxylation sites is 1. The number of rotatable bonds is 24. The molecule has 14 rings (SSSR count). The van der Waals surface area contributed by atoms with Gasteiger partial charge in [0.1, 0.15) is 34.5 Å². The highest BCUT2D eigenvalue weighted by Gasteiger charge is 2.10. The monoisotopic (exact) mass is 1350 g/mol. The van der Waals surface area contributed by atoms with E-state index in [-0.39, 0.29) is 0 Å². The summed E-state index contributed by atoms with van der Waals surface area (Å²) in [6.45, 7) is 29.0. The zero-order valence-corrected chi connectivity index (χ0v) is 61.7. The molecule has 8 N–H and O–H groups in total. The first-order valence-electron chi connectivity index (χ1n) is 36.9. The highest BCUT2D eigenvalue weighted by Crippen LogP contribution is 2.30. The molecule has 0 spiro atoms. The fourth-order valence-electron chi connectivity index (χ4n) is 12.7. The van der Waals surface area contributed by atoms with Crippen LogP contribution in [0, 0.1) is 0 Å². The number of hydrogen-bond acceptors (Lipinski definition) is 6. The van der Waals surface area contributed by atoms with Crippen molar-refractivity contribution >= 4 is 76.3 Å². The third-order valence-corrected chi connectivity index (χ3v) is 17.3. The Morgan fingerprint density at radius 2 is 0.430 bits per heavy atom. The molecule has 0 aliphatic rings. The van der Waals surface area contributed by atoms with Crippen molar-refractivity contribution in [1.29, 1.82) is 0 Å². The number of H-pyrrole nitrogens is 7. The second kappa shape index (κ2) is 40.3. The van der Waals surface area contributed by atoms with Crippen LogP contribution in [0.1, 0.15) is 167 Å². The van der Waals surface area contributed by atoms with Crippen LogP contribution in [0.25, 0.3) is 76.3 Å². The Kier molecular flexibility index (Phi) is 30.5. The molecule has 100 heavy (non-hydrogen) atoms. The SMILES string of the molecule is CCCc1c[nH]c2ccc(O)cc12.CCCc1c[nH]c2ccc(OCC)cc12.CCCc1c[nH]c2ccc(OCC)cc12.CCCc1c[nH]c2ccc(OCC)cc12.CCCc1c[nH]c2ccc(OCC)cc12.CCCc1c[nH]c2ccc(OCC)cc12.CCCc1c[nH]c2ccccc12. The van der Waals surface area contributed by atoms with Gasteiger partial charge in [-0.25, -0.2) is 0 Å². The number of aromatic nitrogens is 7. The largest absolute Gasteiger partial charge is 0.508 e. The van der Waals surface area contributed by atoms with Gasteiger partial charge in [-0.05, 0) is 234 Å². The summed E-state index contributed by atoms with van der Waals surface area (Å²) in [5.41, 5.74) is 18.0. The minimum atomic E-state index is 0.337. The first-order chi connectivity index (χ1) is 49.0. The highest BCUT2D eigenvalue weighted by atomic mass is 16.5. The predicted octanol–water partition coefficient (Wildman–Crippen LogP) is 23.5. The van der Waals surface area contributed by atoms with Crippen molar-refractivity contribution in [3.05, 3.63) is 216 Å². The van der Waals surface area contributed by atoms with Gasteiger partial charge in [0.2, 0.25) is 0 Å². The number of nitrogens with one attached hydrogen (secondary N) is 7. The van der Waals surface area contributed by atoms with Crippen LogP contribution in [0.4, 0.5) is 0 Å². The molecule has 0 saturated carbocycles. The lowest BCUT2D eigenvalue weighted by molar-refractivity contribution is 0.340. The van der Waals surface area contributed by atoms with E-state index in [1.54, 1.807) is 6.07 Å². The summed E-state index contributed by atoms with van der Waals surface area (Å²) in [7, 11) is 0. The van der Waals surface area contributed by atoms with E-state index in [1.807, 2.05) is 83.3 Å². The number of phenols is 1. The minimum absolute atomic E-state index is 0.337. The van der Waals surface area contributed by atoms with Gasteiger partial charge in [0, 0.05) is 120 Å². The average Bonchev–Trinajstić information content (AvgIpc) is 1.74. The Bertz CT molecular complexity index is 4170. The van der Waals surface area contributed by atoms with Gasteiger partial charge in [-0.15, -0.1) is 0 Å². The van der Waals surface area contributed by atoms with Gasteiger partial charge in [-0.2, -0.15) is 0 Å². The van der Waals surface area contributed by atoms with Gasteiger partial charge in [0.15, 0.2) is 0 Å². The quantitative estimate of drug-likeness (QED) is 0.0299. The molecule has 0 saturated heterocycles. The third kappa shape index (κ3) is 21.1. The zero-order valence-electron chi connectivity index (χ0n) is 61.7. The Balaban J connectivity index is 0.000000149. The molecule has 0 bridgehead atoms. The van der Waals surface area contributed by atoms with E-state index in [4.69, 9.17) is 23.7 Å². The van der Waals surface area contributed by atoms with Crippen LogP contribution in [0.3, 0.4) is 0 Å². The van der Waals surface area contributed by atoms with Crippen molar-refractivity contribution in [2.45, 2.75) is 173 Å². The van der Waals surface area contributed by atoms with Crippen LogP contribution in [0.5, 0.6) is 34.5 Å². The Labute approximate surface area is 593 Å². The van der Waals surface area contributed by atoms with E-state index in [1.165, 1.54) is 149 Å². The number of hydrogen-bond donors (Lipinski definition) is 8. The van der Waals surface area contributed by atoms with Crippen LogP contribution in [-0.2, 0) is 44.9 Å². The second-order valence-corrected chi connectivity index (χ2v) is 24.9. The summed E-state index contributed by atoms with van der Waals surface area (Å²) in [6, 6.07) is 45.0. The topological polar surface area (TPSA) is 177 Å². The molecule has 0 aliphatic heterocycles. The van der Waals surface area contributed by atoms with E-state index >= 15 is 0 Å². The standard InChI is InChI=1S/5C13H17NO.C11H13NO.C11H13N/c5*1-3-5-10-9-14-13-7-6-11(15-4-2)8-12(10)13;1-2-3-8-7-12-11-5-4-9(13)6-10(8)11;1-2-5-9-8-12-11-7-4-3-6-10(9)11/h5*6-9,14H,3-5H2,1-2H3;4-7,12-13H,2-3H2,1H3;3-4,6-8,12H,2,5H2,1H3. The molecule has 0 radical (unpaired) electrons. The predicted molar refractivity (Wildman–Crippen MR) is 424 cm³/mol. The molecule has 0 atom stereocenters. The summed E-state index contributed by atoms with van der Waals surface area (Å²) < 4.78 is 27.5. The van der Waals surface area contributed by atoms with E-state index in [2.05, 4.69) is 205 Å². The maximum Gasteiger partial charge on any atom is 0.120 e. The molecule has 0 fully saturated rings. The van der Waals surface area contributed by atoms with Gasteiger partial charge < -0.3 is 63.7 Å². The van der Waals surface area contributed by atoms with E-state index in [9.17, 15) is 5.11 Å². The maximum atomic E-state index is 9.33. The lowest BCUT2D eigenvalue weighted by Gasteiger charge is -2.03.